The van der Waals surface area contributed by atoms with Gasteiger partial charge >= 0.3 is 5.97 Å². The third kappa shape index (κ3) is 5.47. The molecule has 0 aromatic heterocycles. The minimum atomic E-state index is -0.523. The summed E-state index contributed by atoms with van der Waals surface area (Å²) in [5.41, 5.74) is 3.42. The van der Waals surface area contributed by atoms with E-state index >= 15 is 0 Å². The van der Waals surface area contributed by atoms with Gasteiger partial charge in [-0.05, 0) is 52.6 Å². The number of methoxy groups -OCH3 is 1. The van der Waals surface area contributed by atoms with Gasteiger partial charge in [0, 0.05) is 10.9 Å². The van der Waals surface area contributed by atoms with Crippen molar-refractivity contribution in [2.45, 2.75) is 0 Å². The molecular formula is C31H24N2O5. The Morgan fingerprint density at radius 1 is 0.763 bits per heavy atom. The van der Waals surface area contributed by atoms with E-state index in [9.17, 15) is 9.59 Å². The molecule has 0 saturated carbocycles. The zero-order valence-electron chi connectivity index (χ0n) is 20.6. The molecule has 0 heterocycles. The number of amides is 1. The van der Waals surface area contributed by atoms with E-state index in [1.807, 2.05) is 72.8 Å². The molecule has 0 saturated heterocycles. The first-order valence-corrected chi connectivity index (χ1v) is 11.9. The summed E-state index contributed by atoms with van der Waals surface area (Å²) in [7, 11) is 1.56. The lowest BCUT2D eigenvalue weighted by Gasteiger charge is -2.11. The normalized spacial score (nSPS) is 11.0. The average molecular weight is 505 g/mol. The summed E-state index contributed by atoms with van der Waals surface area (Å²) >= 11 is 0. The minimum absolute atomic E-state index is 0.208. The lowest BCUT2D eigenvalue weighted by molar-refractivity contribution is -0.123. The summed E-state index contributed by atoms with van der Waals surface area (Å²) in [6.45, 7) is -0.208. The second kappa shape index (κ2) is 11.3. The van der Waals surface area contributed by atoms with Gasteiger partial charge in [-0.3, -0.25) is 4.79 Å². The monoisotopic (exact) mass is 504 g/mol. The Hall–Kier alpha value is -5.17. The molecule has 188 valence electrons. The Labute approximate surface area is 219 Å². The predicted molar refractivity (Wildman–Crippen MR) is 147 cm³/mol. The van der Waals surface area contributed by atoms with Crippen LogP contribution >= 0.6 is 0 Å². The quantitative estimate of drug-likeness (QED) is 0.126. The van der Waals surface area contributed by atoms with Crippen LogP contribution in [0, 0.1) is 0 Å². The van der Waals surface area contributed by atoms with Crippen LogP contribution < -0.4 is 19.6 Å². The number of esters is 1. The van der Waals surface area contributed by atoms with Crippen molar-refractivity contribution in [3.8, 4) is 17.2 Å². The number of hydrogen-bond acceptors (Lipinski definition) is 6. The number of hydrazone groups is 1. The zero-order valence-corrected chi connectivity index (χ0v) is 20.6. The van der Waals surface area contributed by atoms with Crippen LogP contribution in [0.15, 0.2) is 108 Å². The Morgan fingerprint density at radius 3 is 2.21 bits per heavy atom. The number of carbonyl (C=O) groups is 2. The molecule has 7 heteroatoms. The lowest BCUT2D eigenvalue weighted by Crippen LogP contribution is -2.24. The molecule has 0 spiro atoms. The first-order chi connectivity index (χ1) is 18.6. The van der Waals surface area contributed by atoms with Gasteiger partial charge in [-0.15, -0.1) is 0 Å². The molecule has 38 heavy (non-hydrogen) atoms. The fourth-order valence-electron chi connectivity index (χ4n) is 4.05. The van der Waals surface area contributed by atoms with E-state index < -0.39 is 11.9 Å². The summed E-state index contributed by atoms with van der Waals surface area (Å²) in [6.07, 6.45) is 1.47. The maximum Gasteiger partial charge on any atom is 0.343 e. The van der Waals surface area contributed by atoms with Gasteiger partial charge in [-0.2, -0.15) is 5.10 Å². The molecule has 1 amide bonds. The van der Waals surface area contributed by atoms with Crippen LogP contribution in [0.25, 0.3) is 21.5 Å². The molecule has 0 radical (unpaired) electrons. The molecule has 0 atom stereocenters. The molecule has 1 N–H and O–H groups in total. The number of ether oxygens (including phenoxy) is 3. The molecule has 5 rings (SSSR count). The molecule has 7 nitrogen and oxygen atoms in total. The van der Waals surface area contributed by atoms with Gasteiger partial charge in [-0.25, -0.2) is 10.2 Å². The highest BCUT2D eigenvalue weighted by Gasteiger charge is 2.14. The summed E-state index contributed by atoms with van der Waals surface area (Å²) in [4.78, 5) is 25.3. The first kappa shape index (κ1) is 24.5. The highest BCUT2D eigenvalue weighted by atomic mass is 16.5. The molecule has 0 aliphatic carbocycles. The number of hydrogen-bond donors (Lipinski definition) is 1. The second-order valence-corrected chi connectivity index (χ2v) is 8.38. The minimum Gasteiger partial charge on any atom is -0.497 e. The Balaban J connectivity index is 1.31. The maximum absolute atomic E-state index is 12.8. The summed E-state index contributed by atoms with van der Waals surface area (Å²) in [6, 6.07) is 31.3. The van der Waals surface area contributed by atoms with Gasteiger partial charge in [0.25, 0.3) is 5.91 Å². The highest BCUT2D eigenvalue weighted by molar-refractivity contribution is 6.04. The van der Waals surface area contributed by atoms with Gasteiger partial charge in [0.05, 0.1) is 18.9 Å². The SMILES string of the molecule is COc1ccc(C(=O)Oc2ccc3ccccc3c2C=NNC(=O)COc2cccc3ccccc23)cc1. The molecule has 0 unspecified atom stereocenters. The van der Waals surface area contributed by atoms with Gasteiger partial charge in [0.15, 0.2) is 6.61 Å². The Morgan fingerprint density at radius 2 is 1.45 bits per heavy atom. The van der Waals surface area contributed by atoms with E-state index in [0.717, 1.165) is 21.5 Å². The number of benzene rings is 5. The first-order valence-electron chi connectivity index (χ1n) is 11.9. The fraction of sp³-hybridized carbons (Fsp3) is 0.0645. The Kier molecular flexibility index (Phi) is 7.27. The van der Waals surface area contributed by atoms with Crippen molar-refractivity contribution >= 4 is 39.6 Å². The predicted octanol–water partition coefficient (Wildman–Crippen LogP) is 5.75. The molecule has 0 aliphatic rings. The van der Waals surface area contributed by atoms with E-state index in [4.69, 9.17) is 14.2 Å². The van der Waals surface area contributed by atoms with Crippen LogP contribution in [0.4, 0.5) is 0 Å². The van der Waals surface area contributed by atoms with E-state index in [2.05, 4.69) is 10.5 Å². The van der Waals surface area contributed by atoms with Gasteiger partial charge < -0.3 is 14.2 Å². The topological polar surface area (TPSA) is 86.2 Å². The van der Waals surface area contributed by atoms with Crippen molar-refractivity contribution in [3.63, 3.8) is 0 Å². The van der Waals surface area contributed by atoms with Crippen LogP contribution in [0.2, 0.25) is 0 Å². The van der Waals surface area contributed by atoms with Crippen molar-refractivity contribution in [1.29, 1.82) is 0 Å². The number of fused-ring (bicyclic) bond motifs is 2. The van der Waals surface area contributed by atoms with Crippen LogP contribution in [-0.2, 0) is 4.79 Å². The Bertz CT molecular complexity index is 1640. The van der Waals surface area contributed by atoms with Gasteiger partial charge in [-0.1, -0.05) is 66.7 Å². The van der Waals surface area contributed by atoms with Crippen molar-refractivity contribution in [1.82, 2.24) is 5.43 Å². The molecule has 5 aromatic rings. The third-order valence-corrected chi connectivity index (χ3v) is 5.95. The smallest absolute Gasteiger partial charge is 0.343 e. The van der Waals surface area contributed by atoms with E-state index in [0.29, 0.717) is 28.4 Å². The molecule has 0 aliphatic heterocycles. The molecule has 0 bridgehead atoms. The zero-order chi connectivity index (χ0) is 26.3. The summed E-state index contributed by atoms with van der Waals surface area (Å²) in [5.74, 6) is 0.620. The van der Waals surface area contributed by atoms with Crippen LogP contribution in [0.1, 0.15) is 15.9 Å². The summed E-state index contributed by atoms with van der Waals surface area (Å²) < 4.78 is 16.6. The standard InChI is InChI=1S/C31H24N2O5/c1-36-24-16-13-23(14-17-24)31(35)38-29-18-15-22-8-2-4-10-25(22)27(29)19-32-33-30(34)20-37-28-12-6-9-21-7-3-5-11-26(21)28/h2-19H,20H2,1H3,(H,33,34). The summed E-state index contributed by atoms with van der Waals surface area (Å²) in [5, 5.41) is 7.81. The average Bonchev–Trinajstić information content (AvgIpc) is 2.97. The number of rotatable bonds is 8. The molecular weight excluding hydrogens is 480 g/mol. The van der Waals surface area contributed by atoms with Crippen molar-refractivity contribution in [2.24, 2.45) is 5.10 Å². The van der Waals surface area contributed by atoms with Crippen LogP contribution in [-0.4, -0.2) is 31.8 Å². The van der Waals surface area contributed by atoms with Gasteiger partial charge in [0.1, 0.15) is 17.2 Å². The van der Waals surface area contributed by atoms with Crippen molar-refractivity contribution in [3.05, 3.63) is 114 Å². The van der Waals surface area contributed by atoms with E-state index in [1.54, 1.807) is 37.4 Å². The van der Waals surface area contributed by atoms with Gasteiger partial charge in [0.2, 0.25) is 0 Å². The van der Waals surface area contributed by atoms with Crippen molar-refractivity contribution < 1.29 is 23.8 Å². The third-order valence-electron chi connectivity index (χ3n) is 5.95. The molecule has 5 aromatic carbocycles. The largest absolute Gasteiger partial charge is 0.497 e. The molecule has 0 fully saturated rings. The fourth-order valence-corrected chi connectivity index (χ4v) is 4.05. The number of carbonyl (C=O) groups excluding carboxylic acids is 2. The van der Waals surface area contributed by atoms with Crippen LogP contribution in [0.5, 0.6) is 17.2 Å². The van der Waals surface area contributed by atoms with E-state index in [1.165, 1.54) is 6.21 Å². The van der Waals surface area contributed by atoms with Crippen LogP contribution in [0.3, 0.4) is 0 Å². The van der Waals surface area contributed by atoms with E-state index in [-0.39, 0.29) is 6.61 Å². The van der Waals surface area contributed by atoms with Crippen molar-refractivity contribution in [2.75, 3.05) is 13.7 Å². The lowest BCUT2D eigenvalue weighted by atomic mass is 10.0. The number of nitrogens with zero attached hydrogens (tertiary/aromatic N) is 1. The maximum atomic E-state index is 12.8. The highest BCUT2D eigenvalue weighted by Crippen LogP contribution is 2.28. The second-order valence-electron chi connectivity index (χ2n) is 8.38. The number of nitrogens with one attached hydrogen (secondary N) is 1.